The van der Waals surface area contributed by atoms with Gasteiger partial charge in [-0.1, -0.05) is 11.6 Å². The SMILES string of the molecule is C[S@@](=O)(=NS(=O)(=O)c1ccc(S(=O)(=O)c2ccc(C(F)(F)F)cn2)s1)c1ccc(Cl)cc1. The average molecular weight is 545 g/mol. The fraction of sp³-hybridized carbons (Fsp3) is 0.118. The van der Waals surface area contributed by atoms with Crippen molar-refractivity contribution >= 4 is 52.5 Å². The topological polar surface area (TPSA) is 111 Å². The quantitative estimate of drug-likeness (QED) is 0.468. The number of sulfone groups is 1. The molecule has 0 saturated carbocycles. The predicted molar refractivity (Wildman–Crippen MR) is 112 cm³/mol. The van der Waals surface area contributed by atoms with Crippen molar-refractivity contribution in [2.45, 2.75) is 24.5 Å². The van der Waals surface area contributed by atoms with E-state index in [-0.39, 0.29) is 4.90 Å². The first-order valence-corrected chi connectivity index (χ1v) is 14.3. The van der Waals surface area contributed by atoms with Crippen LogP contribution in [-0.4, -0.2) is 32.3 Å². The monoisotopic (exact) mass is 544 g/mol. The lowest BCUT2D eigenvalue weighted by Gasteiger charge is -2.06. The van der Waals surface area contributed by atoms with Crippen LogP contribution in [0.15, 0.2) is 76.8 Å². The Kier molecular flexibility index (Phi) is 6.47. The van der Waals surface area contributed by atoms with Crippen LogP contribution < -0.4 is 0 Å². The normalized spacial score (nSPS) is 14.7. The Balaban J connectivity index is 1.98. The highest BCUT2D eigenvalue weighted by Gasteiger charge is 2.32. The number of benzene rings is 1. The highest BCUT2D eigenvalue weighted by molar-refractivity contribution is 8.04. The number of thiophene rings is 1. The summed E-state index contributed by atoms with van der Waals surface area (Å²) in [6.07, 6.45) is -3.23. The van der Waals surface area contributed by atoms with Gasteiger partial charge in [-0.15, -0.1) is 15.1 Å². The minimum absolute atomic E-state index is 0.101. The molecule has 0 saturated heterocycles. The molecule has 0 fully saturated rings. The fourth-order valence-electron chi connectivity index (χ4n) is 2.35. The van der Waals surface area contributed by atoms with Crippen LogP contribution in [0.5, 0.6) is 0 Å². The number of hydrogen-bond acceptors (Lipinski definition) is 7. The number of sulfonamides is 1. The maximum absolute atomic E-state index is 12.8. The molecular weight excluding hydrogens is 533 g/mol. The van der Waals surface area contributed by atoms with Crippen LogP contribution in [0.1, 0.15) is 5.56 Å². The molecule has 2 aromatic heterocycles. The van der Waals surface area contributed by atoms with E-state index in [0.29, 0.717) is 34.7 Å². The summed E-state index contributed by atoms with van der Waals surface area (Å²) >= 11 is 6.07. The molecule has 0 N–H and O–H groups in total. The summed E-state index contributed by atoms with van der Waals surface area (Å²) in [6.45, 7) is 0. The van der Waals surface area contributed by atoms with E-state index in [0.717, 1.165) is 18.4 Å². The van der Waals surface area contributed by atoms with Gasteiger partial charge in [-0.3, -0.25) is 0 Å². The molecule has 0 bridgehead atoms. The third-order valence-electron chi connectivity index (χ3n) is 3.91. The minimum Gasteiger partial charge on any atom is -0.244 e. The summed E-state index contributed by atoms with van der Waals surface area (Å²) in [4.78, 5) is 3.44. The fourth-order valence-corrected chi connectivity index (χ4v) is 8.94. The highest BCUT2D eigenvalue weighted by Crippen LogP contribution is 2.33. The predicted octanol–water partition coefficient (Wildman–Crippen LogP) is 4.49. The molecule has 1 atom stereocenters. The number of hydrogen-bond donors (Lipinski definition) is 0. The second-order valence-corrected chi connectivity index (χ2v) is 14.2. The van der Waals surface area contributed by atoms with Crippen molar-refractivity contribution in [3.63, 3.8) is 0 Å². The number of nitrogens with zero attached hydrogens (tertiary/aromatic N) is 2. The Labute approximate surface area is 191 Å². The molecule has 0 amide bonds. The van der Waals surface area contributed by atoms with Crippen molar-refractivity contribution in [3.05, 3.63) is 65.3 Å². The standard InChI is InChI=1S/C17H12ClF3N2O5S4/c1-30(24,13-5-3-12(18)4-6-13)23-32(27,28)16-9-8-15(29-16)31(25,26)14-7-2-11(10-22-14)17(19,20)21/h2-10H,1H3/t30-/m0/s1. The number of rotatable bonds is 5. The summed E-state index contributed by atoms with van der Waals surface area (Å²) in [5.41, 5.74) is -1.13. The van der Waals surface area contributed by atoms with Crippen LogP contribution in [-0.2, 0) is 35.8 Å². The maximum Gasteiger partial charge on any atom is 0.417 e. The van der Waals surface area contributed by atoms with Crippen molar-refractivity contribution in [3.8, 4) is 0 Å². The zero-order chi connectivity index (χ0) is 23.9. The van der Waals surface area contributed by atoms with Crippen LogP contribution >= 0.6 is 22.9 Å². The molecule has 32 heavy (non-hydrogen) atoms. The lowest BCUT2D eigenvalue weighted by molar-refractivity contribution is -0.137. The Bertz CT molecular complexity index is 1490. The van der Waals surface area contributed by atoms with Gasteiger partial charge in [0.2, 0.25) is 9.84 Å². The molecule has 0 radical (unpaired) electrons. The van der Waals surface area contributed by atoms with Gasteiger partial charge in [0.15, 0.2) is 5.03 Å². The van der Waals surface area contributed by atoms with Gasteiger partial charge < -0.3 is 0 Å². The molecule has 15 heteroatoms. The average Bonchev–Trinajstić information content (AvgIpc) is 3.19. The first-order valence-electron chi connectivity index (χ1n) is 8.25. The molecule has 1 aromatic carbocycles. The molecule has 3 aromatic rings. The molecule has 0 spiro atoms. The van der Waals surface area contributed by atoms with Gasteiger partial charge in [0.05, 0.1) is 15.3 Å². The molecular formula is C17H12ClF3N2O5S4. The largest absolute Gasteiger partial charge is 0.417 e. The van der Waals surface area contributed by atoms with Gasteiger partial charge in [0, 0.05) is 22.4 Å². The van der Waals surface area contributed by atoms with Crippen molar-refractivity contribution in [1.29, 1.82) is 0 Å². The van der Waals surface area contributed by atoms with E-state index in [9.17, 15) is 34.2 Å². The summed E-state index contributed by atoms with van der Waals surface area (Å²) in [5.74, 6) is 0. The van der Waals surface area contributed by atoms with Crippen LogP contribution in [0.3, 0.4) is 0 Å². The third kappa shape index (κ3) is 5.14. The molecule has 0 unspecified atom stereocenters. The number of pyridine rings is 1. The maximum atomic E-state index is 12.8. The molecule has 2 heterocycles. The van der Waals surface area contributed by atoms with Crippen molar-refractivity contribution in [2.24, 2.45) is 3.77 Å². The number of aromatic nitrogens is 1. The second-order valence-electron chi connectivity index (χ2n) is 6.27. The lowest BCUT2D eigenvalue weighted by atomic mass is 10.3. The smallest absolute Gasteiger partial charge is 0.244 e. The van der Waals surface area contributed by atoms with Crippen LogP contribution in [0.25, 0.3) is 0 Å². The van der Waals surface area contributed by atoms with E-state index in [4.69, 9.17) is 11.6 Å². The number of alkyl halides is 3. The zero-order valence-corrected chi connectivity index (χ0v) is 19.8. The van der Waals surface area contributed by atoms with E-state index >= 15 is 0 Å². The minimum atomic E-state index is -4.70. The van der Waals surface area contributed by atoms with E-state index < -0.39 is 54.8 Å². The van der Waals surface area contributed by atoms with E-state index in [1.54, 1.807) is 0 Å². The van der Waals surface area contributed by atoms with E-state index in [1.165, 1.54) is 24.3 Å². The molecule has 172 valence electrons. The molecule has 0 aliphatic heterocycles. The summed E-state index contributed by atoms with van der Waals surface area (Å²) in [5, 5.41) is -0.342. The summed E-state index contributed by atoms with van der Waals surface area (Å²) in [6, 6.07) is 8.67. The second kappa shape index (κ2) is 8.41. The van der Waals surface area contributed by atoms with Gasteiger partial charge in [-0.2, -0.15) is 21.6 Å². The Hall–Kier alpha value is -2.00. The van der Waals surface area contributed by atoms with Crippen LogP contribution in [0.4, 0.5) is 13.2 Å². The Morgan fingerprint density at radius 2 is 1.50 bits per heavy atom. The Morgan fingerprint density at radius 3 is 2.03 bits per heavy atom. The van der Waals surface area contributed by atoms with Gasteiger partial charge in [0.1, 0.15) is 8.42 Å². The van der Waals surface area contributed by atoms with Gasteiger partial charge in [0.25, 0.3) is 10.0 Å². The molecule has 3 rings (SSSR count). The van der Waals surface area contributed by atoms with Gasteiger partial charge in [-0.05, 0) is 48.5 Å². The third-order valence-corrected chi connectivity index (χ3v) is 11.8. The van der Waals surface area contributed by atoms with Gasteiger partial charge in [-0.25, -0.2) is 17.6 Å². The van der Waals surface area contributed by atoms with Gasteiger partial charge >= 0.3 is 6.18 Å². The zero-order valence-electron chi connectivity index (χ0n) is 15.8. The summed E-state index contributed by atoms with van der Waals surface area (Å²) in [7, 11) is -12.3. The van der Waals surface area contributed by atoms with Crippen molar-refractivity contribution in [1.82, 2.24) is 4.98 Å². The lowest BCUT2D eigenvalue weighted by Crippen LogP contribution is -2.08. The molecule has 0 aliphatic rings. The molecule has 0 aliphatic carbocycles. The first-order chi connectivity index (χ1) is 14.6. The van der Waals surface area contributed by atoms with E-state index in [1.807, 2.05) is 0 Å². The molecule has 7 nitrogen and oxygen atoms in total. The highest BCUT2D eigenvalue weighted by atomic mass is 35.5. The van der Waals surface area contributed by atoms with Crippen molar-refractivity contribution < 1.29 is 34.2 Å². The Morgan fingerprint density at radius 1 is 0.906 bits per heavy atom. The van der Waals surface area contributed by atoms with E-state index in [2.05, 4.69) is 8.75 Å². The van der Waals surface area contributed by atoms with Crippen LogP contribution in [0.2, 0.25) is 5.02 Å². The van der Waals surface area contributed by atoms with Crippen molar-refractivity contribution in [2.75, 3.05) is 6.26 Å². The first kappa shape index (κ1) is 24.6. The summed E-state index contributed by atoms with van der Waals surface area (Å²) < 4.78 is 104. The number of halogens is 4. The van der Waals surface area contributed by atoms with Crippen LogP contribution in [0, 0.1) is 0 Å².